The van der Waals surface area contributed by atoms with Gasteiger partial charge in [0.15, 0.2) is 5.76 Å². The lowest BCUT2D eigenvalue weighted by Crippen LogP contribution is -2.22. The van der Waals surface area contributed by atoms with Gasteiger partial charge in [-0.15, -0.1) is 0 Å². The second kappa shape index (κ2) is 9.51. The van der Waals surface area contributed by atoms with E-state index in [0.29, 0.717) is 22.3 Å². The van der Waals surface area contributed by atoms with Gasteiger partial charge in [0.25, 0.3) is 5.91 Å². The van der Waals surface area contributed by atoms with Crippen molar-refractivity contribution in [2.75, 3.05) is 0 Å². The van der Waals surface area contributed by atoms with Gasteiger partial charge in [0.1, 0.15) is 5.69 Å². The highest BCUT2D eigenvalue weighted by Crippen LogP contribution is 2.25. The summed E-state index contributed by atoms with van der Waals surface area (Å²) in [6, 6.07) is 14.8. The number of nitrogens with one attached hydrogen (secondary N) is 1. The number of benzene rings is 2. The van der Waals surface area contributed by atoms with E-state index >= 15 is 0 Å². The Morgan fingerprint density at radius 1 is 1.17 bits per heavy atom. The van der Waals surface area contributed by atoms with Gasteiger partial charge in [-0.1, -0.05) is 69.5 Å². The fraction of sp³-hybridized carbons (Fsp3) is 0.250. The van der Waals surface area contributed by atoms with Crippen LogP contribution in [0.25, 0.3) is 11.3 Å². The van der Waals surface area contributed by atoms with Gasteiger partial charge in [0, 0.05) is 33.1 Å². The molecule has 1 aromatic heterocycles. The molecule has 1 aliphatic rings. The van der Waals surface area contributed by atoms with Gasteiger partial charge in [-0.25, -0.2) is 0 Å². The SMILES string of the molecule is O=C(NCc1cc(-c2ccc(Br)cc2)no1)c1ccc(C#CC2CCCC2)c(Cl)c1. The Morgan fingerprint density at radius 2 is 1.93 bits per heavy atom. The predicted molar refractivity (Wildman–Crippen MR) is 121 cm³/mol. The van der Waals surface area contributed by atoms with Gasteiger partial charge >= 0.3 is 0 Å². The first-order valence-electron chi connectivity index (χ1n) is 9.89. The first-order valence-corrected chi connectivity index (χ1v) is 11.1. The molecule has 0 atom stereocenters. The number of nitrogens with zero attached hydrogens (tertiary/aromatic N) is 1. The van der Waals surface area contributed by atoms with Gasteiger partial charge in [0.2, 0.25) is 0 Å². The van der Waals surface area contributed by atoms with Crippen LogP contribution in [0.5, 0.6) is 0 Å². The Labute approximate surface area is 189 Å². The lowest BCUT2D eigenvalue weighted by Gasteiger charge is -2.05. The Kier molecular flexibility index (Phi) is 6.56. The minimum Gasteiger partial charge on any atom is -0.359 e. The van der Waals surface area contributed by atoms with Crippen molar-refractivity contribution in [3.8, 4) is 23.1 Å². The largest absolute Gasteiger partial charge is 0.359 e. The fourth-order valence-corrected chi connectivity index (χ4v) is 3.92. The van der Waals surface area contributed by atoms with Crippen molar-refractivity contribution in [2.45, 2.75) is 32.2 Å². The molecule has 1 amide bonds. The Hall–Kier alpha value is -2.55. The van der Waals surface area contributed by atoms with Crippen LogP contribution in [0.3, 0.4) is 0 Å². The molecule has 1 fully saturated rings. The molecule has 0 unspecified atom stereocenters. The van der Waals surface area contributed by atoms with E-state index in [2.05, 4.69) is 38.2 Å². The summed E-state index contributed by atoms with van der Waals surface area (Å²) >= 11 is 9.76. The summed E-state index contributed by atoms with van der Waals surface area (Å²) in [7, 11) is 0. The summed E-state index contributed by atoms with van der Waals surface area (Å²) in [6.07, 6.45) is 4.83. The number of halogens is 2. The molecule has 0 bridgehead atoms. The quantitative estimate of drug-likeness (QED) is 0.448. The van der Waals surface area contributed by atoms with Crippen molar-refractivity contribution in [1.29, 1.82) is 0 Å². The van der Waals surface area contributed by atoms with Gasteiger partial charge < -0.3 is 9.84 Å². The van der Waals surface area contributed by atoms with Crippen molar-refractivity contribution < 1.29 is 9.32 Å². The molecule has 0 spiro atoms. The molecule has 4 rings (SSSR count). The molecule has 152 valence electrons. The van der Waals surface area contributed by atoms with E-state index in [4.69, 9.17) is 16.1 Å². The molecule has 30 heavy (non-hydrogen) atoms. The number of carbonyl (C=O) groups is 1. The molecule has 4 nitrogen and oxygen atoms in total. The van der Waals surface area contributed by atoms with E-state index in [1.165, 1.54) is 12.8 Å². The monoisotopic (exact) mass is 482 g/mol. The zero-order chi connectivity index (χ0) is 20.9. The highest BCUT2D eigenvalue weighted by atomic mass is 79.9. The molecular formula is C24H20BrClN2O2. The van der Waals surface area contributed by atoms with Gasteiger partial charge in [-0.3, -0.25) is 4.79 Å². The third-order valence-electron chi connectivity index (χ3n) is 5.12. The van der Waals surface area contributed by atoms with Crippen LogP contribution in [0.1, 0.15) is 47.4 Å². The number of amides is 1. The predicted octanol–water partition coefficient (Wildman–Crippen LogP) is 6.23. The van der Waals surface area contributed by atoms with E-state index in [9.17, 15) is 4.79 Å². The van der Waals surface area contributed by atoms with Crippen LogP contribution < -0.4 is 5.32 Å². The van der Waals surface area contributed by atoms with Gasteiger partial charge in [-0.05, 0) is 43.2 Å². The van der Waals surface area contributed by atoms with Crippen LogP contribution in [0.4, 0.5) is 0 Å². The number of rotatable bonds is 4. The van der Waals surface area contributed by atoms with Crippen molar-refractivity contribution in [3.05, 3.63) is 74.9 Å². The lowest BCUT2D eigenvalue weighted by atomic mass is 10.1. The third kappa shape index (κ3) is 5.13. The number of aromatic nitrogens is 1. The van der Waals surface area contributed by atoms with Crippen LogP contribution in [0, 0.1) is 17.8 Å². The number of carbonyl (C=O) groups excluding carboxylic acids is 1. The first kappa shape index (κ1) is 20.7. The molecule has 1 saturated carbocycles. The first-order chi connectivity index (χ1) is 14.6. The van der Waals surface area contributed by atoms with Crippen LogP contribution in [0.15, 0.2) is 57.5 Å². The minimum absolute atomic E-state index is 0.228. The topological polar surface area (TPSA) is 55.1 Å². The van der Waals surface area contributed by atoms with E-state index in [-0.39, 0.29) is 12.5 Å². The molecule has 3 aromatic rings. The third-order valence-corrected chi connectivity index (χ3v) is 5.96. The van der Waals surface area contributed by atoms with Crippen LogP contribution in [0.2, 0.25) is 5.02 Å². The Morgan fingerprint density at radius 3 is 2.67 bits per heavy atom. The fourth-order valence-electron chi connectivity index (χ4n) is 3.43. The molecule has 1 N–H and O–H groups in total. The van der Waals surface area contributed by atoms with Crippen molar-refractivity contribution in [2.24, 2.45) is 5.92 Å². The zero-order valence-corrected chi connectivity index (χ0v) is 18.6. The van der Waals surface area contributed by atoms with E-state index in [1.54, 1.807) is 18.2 Å². The molecule has 0 saturated heterocycles. The summed E-state index contributed by atoms with van der Waals surface area (Å²) < 4.78 is 6.33. The smallest absolute Gasteiger partial charge is 0.251 e. The standard InChI is InChI=1S/C24H20BrClN2O2/c25-20-11-9-18(10-12-20)23-14-21(30-28-23)15-27-24(29)19-8-7-17(22(26)13-19)6-5-16-3-1-2-4-16/h7-14,16H,1-4,15H2,(H,27,29). The highest BCUT2D eigenvalue weighted by molar-refractivity contribution is 9.10. The van der Waals surface area contributed by atoms with E-state index in [1.807, 2.05) is 30.3 Å². The maximum Gasteiger partial charge on any atom is 0.251 e. The normalized spacial score (nSPS) is 13.7. The maximum absolute atomic E-state index is 12.5. The van der Waals surface area contributed by atoms with Crippen LogP contribution >= 0.6 is 27.5 Å². The van der Waals surface area contributed by atoms with Crippen molar-refractivity contribution in [1.82, 2.24) is 10.5 Å². The molecule has 2 aromatic carbocycles. The molecule has 1 aliphatic carbocycles. The Bertz CT molecular complexity index is 1110. The average Bonchev–Trinajstić information content (AvgIpc) is 3.44. The molecule has 1 heterocycles. The second-order valence-corrected chi connectivity index (χ2v) is 8.64. The van der Waals surface area contributed by atoms with Crippen molar-refractivity contribution >= 4 is 33.4 Å². The van der Waals surface area contributed by atoms with E-state index < -0.39 is 0 Å². The highest BCUT2D eigenvalue weighted by Gasteiger charge is 2.13. The number of hydrogen-bond donors (Lipinski definition) is 1. The summed E-state index contributed by atoms with van der Waals surface area (Å²) in [6.45, 7) is 0.239. The average molecular weight is 484 g/mol. The van der Waals surface area contributed by atoms with Gasteiger partial charge in [0.05, 0.1) is 11.6 Å². The Balaban J connectivity index is 1.37. The summed E-state index contributed by atoms with van der Waals surface area (Å²) in [5.41, 5.74) is 2.91. The summed E-state index contributed by atoms with van der Waals surface area (Å²) in [5.74, 6) is 7.27. The summed E-state index contributed by atoms with van der Waals surface area (Å²) in [5, 5.41) is 7.40. The molecule has 6 heteroatoms. The number of hydrogen-bond acceptors (Lipinski definition) is 3. The molecular weight excluding hydrogens is 464 g/mol. The molecule has 0 aliphatic heterocycles. The van der Waals surface area contributed by atoms with Crippen LogP contribution in [-0.4, -0.2) is 11.1 Å². The second-order valence-electron chi connectivity index (χ2n) is 7.31. The maximum atomic E-state index is 12.5. The minimum atomic E-state index is -0.228. The van der Waals surface area contributed by atoms with Gasteiger partial charge in [-0.2, -0.15) is 0 Å². The van der Waals surface area contributed by atoms with Crippen molar-refractivity contribution in [3.63, 3.8) is 0 Å². The van der Waals surface area contributed by atoms with Crippen LogP contribution in [-0.2, 0) is 6.54 Å². The lowest BCUT2D eigenvalue weighted by molar-refractivity contribution is 0.0947. The van der Waals surface area contributed by atoms with E-state index in [0.717, 1.165) is 34.1 Å². The summed E-state index contributed by atoms with van der Waals surface area (Å²) in [4.78, 5) is 12.5. The molecule has 0 radical (unpaired) electrons. The zero-order valence-electron chi connectivity index (χ0n) is 16.3.